The molecule has 2 rings (SSSR count). The SMILES string of the molecule is FC1(c2ccccc2)C=CC=CC1. The van der Waals surface area contributed by atoms with E-state index in [1.165, 1.54) is 0 Å². The van der Waals surface area contributed by atoms with Crippen molar-refractivity contribution in [3.63, 3.8) is 0 Å². The summed E-state index contributed by atoms with van der Waals surface area (Å²) in [6.45, 7) is 0. The van der Waals surface area contributed by atoms with Crippen LogP contribution in [0.3, 0.4) is 0 Å². The van der Waals surface area contributed by atoms with Crippen LogP contribution in [0.2, 0.25) is 0 Å². The highest BCUT2D eigenvalue weighted by Crippen LogP contribution is 2.33. The smallest absolute Gasteiger partial charge is 0.157 e. The highest BCUT2D eigenvalue weighted by Gasteiger charge is 2.27. The molecule has 1 aromatic carbocycles. The van der Waals surface area contributed by atoms with Crippen LogP contribution in [0.5, 0.6) is 0 Å². The summed E-state index contributed by atoms with van der Waals surface area (Å²) in [6, 6.07) is 9.27. The van der Waals surface area contributed by atoms with Gasteiger partial charge in [0.05, 0.1) is 0 Å². The fourth-order valence-corrected chi connectivity index (χ4v) is 1.52. The Morgan fingerprint density at radius 3 is 2.46 bits per heavy atom. The molecule has 1 atom stereocenters. The zero-order chi connectivity index (χ0) is 9.15. The topological polar surface area (TPSA) is 0 Å². The monoisotopic (exact) mass is 174 g/mol. The molecular formula is C12H11F. The van der Waals surface area contributed by atoms with Crippen molar-refractivity contribution >= 4 is 0 Å². The average molecular weight is 174 g/mol. The predicted molar refractivity (Wildman–Crippen MR) is 52.1 cm³/mol. The van der Waals surface area contributed by atoms with Gasteiger partial charge in [0.25, 0.3) is 0 Å². The van der Waals surface area contributed by atoms with E-state index in [9.17, 15) is 4.39 Å². The summed E-state index contributed by atoms with van der Waals surface area (Å²) in [4.78, 5) is 0. The van der Waals surface area contributed by atoms with Crippen LogP contribution in [0.15, 0.2) is 54.6 Å². The summed E-state index contributed by atoms with van der Waals surface area (Å²) >= 11 is 0. The lowest BCUT2D eigenvalue weighted by molar-refractivity contribution is 0.236. The van der Waals surface area contributed by atoms with Crippen molar-refractivity contribution in [3.05, 3.63) is 60.2 Å². The van der Waals surface area contributed by atoms with Gasteiger partial charge in [-0.15, -0.1) is 0 Å². The molecule has 13 heavy (non-hydrogen) atoms. The minimum atomic E-state index is -1.30. The van der Waals surface area contributed by atoms with Gasteiger partial charge in [0.2, 0.25) is 0 Å². The molecule has 0 fully saturated rings. The standard InChI is InChI=1S/C12H11F/c13-12(9-5-2-6-10-12)11-7-3-1-4-8-11/h1-9H,10H2. The second kappa shape index (κ2) is 3.17. The molecule has 0 saturated carbocycles. The van der Waals surface area contributed by atoms with Gasteiger partial charge < -0.3 is 0 Å². The van der Waals surface area contributed by atoms with E-state index in [0.29, 0.717) is 6.42 Å². The summed E-state index contributed by atoms with van der Waals surface area (Å²) in [5.74, 6) is 0. The fraction of sp³-hybridized carbons (Fsp3) is 0.167. The molecule has 0 bridgehead atoms. The molecule has 1 aromatic rings. The predicted octanol–water partition coefficient (Wildman–Crippen LogP) is 3.37. The van der Waals surface area contributed by atoms with Crippen molar-refractivity contribution < 1.29 is 4.39 Å². The van der Waals surface area contributed by atoms with Crippen LogP contribution in [-0.2, 0) is 5.67 Å². The fourth-order valence-electron chi connectivity index (χ4n) is 1.52. The Balaban J connectivity index is 2.35. The molecule has 0 amide bonds. The van der Waals surface area contributed by atoms with Crippen molar-refractivity contribution in [3.8, 4) is 0 Å². The van der Waals surface area contributed by atoms with E-state index in [1.54, 1.807) is 12.2 Å². The minimum absolute atomic E-state index is 0.438. The average Bonchev–Trinajstić information content (AvgIpc) is 2.20. The van der Waals surface area contributed by atoms with Gasteiger partial charge in [0.1, 0.15) is 0 Å². The lowest BCUT2D eigenvalue weighted by Crippen LogP contribution is -2.17. The Kier molecular flexibility index (Phi) is 2.01. The third-order valence-electron chi connectivity index (χ3n) is 2.28. The lowest BCUT2D eigenvalue weighted by atomic mass is 9.89. The maximum absolute atomic E-state index is 14.2. The van der Waals surface area contributed by atoms with Crippen LogP contribution >= 0.6 is 0 Å². The molecule has 0 heterocycles. The molecule has 0 spiro atoms. The van der Waals surface area contributed by atoms with Crippen LogP contribution < -0.4 is 0 Å². The quantitative estimate of drug-likeness (QED) is 0.612. The van der Waals surface area contributed by atoms with Gasteiger partial charge in [-0.1, -0.05) is 48.6 Å². The molecule has 1 aliphatic carbocycles. The van der Waals surface area contributed by atoms with Gasteiger partial charge in [-0.3, -0.25) is 0 Å². The van der Waals surface area contributed by atoms with E-state index in [2.05, 4.69) is 0 Å². The Labute approximate surface area is 77.4 Å². The maximum Gasteiger partial charge on any atom is 0.157 e. The normalized spacial score (nSPS) is 26.2. The first-order valence-corrected chi connectivity index (χ1v) is 4.40. The number of halogens is 1. The van der Waals surface area contributed by atoms with Crippen molar-refractivity contribution in [1.82, 2.24) is 0 Å². The lowest BCUT2D eigenvalue weighted by Gasteiger charge is -2.22. The van der Waals surface area contributed by atoms with Gasteiger partial charge in [0.15, 0.2) is 5.67 Å². The Morgan fingerprint density at radius 2 is 1.85 bits per heavy atom. The van der Waals surface area contributed by atoms with Gasteiger partial charge in [-0.2, -0.15) is 0 Å². The molecule has 0 aliphatic heterocycles. The molecular weight excluding hydrogens is 163 g/mol. The summed E-state index contributed by atoms with van der Waals surface area (Å²) in [5, 5.41) is 0. The third-order valence-corrected chi connectivity index (χ3v) is 2.28. The third kappa shape index (κ3) is 1.55. The van der Waals surface area contributed by atoms with Crippen LogP contribution in [-0.4, -0.2) is 0 Å². The highest BCUT2D eigenvalue weighted by molar-refractivity contribution is 5.32. The van der Waals surface area contributed by atoms with Crippen LogP contribution in [0.1, 0.15) is 12.0 Å². The highest BCUT2D eigenvalue weighted by atomic mass is 19.1. The molecule has 66 valence electrons. The zero-order valence-corrected chi connectivity index (χ0v) is 7.28. The van der Waals surface area contributed by atoms with E-state index in [0.717, 1.165) is 5.56 Å². The first-order valence-electron chi connectivity index (χ1n) is 4.40. The first-order chi connectivity index (χ1) is 6.31. The van der Waals surface area contributed by atoms with E-state index < -0.39 is 5.67 Å². The van der Waals surface area contributed by atoms with E-state index in [4.69, 9.17) is 0 Å². The van der Waals surface area contributed by atoms with E-state index in [-0.39, 0.29) is 0 Å². The Morgan fingerprint density at radius 1 is 1.08 bits per heavy atom. The summed E-state index contributed by atoms with van der Waals surface area (Å²) < 4.78 is 14.2. The van der Waals surface area contributed by atoms with Crippen LogP contribution in [0.25, 0.3) is 0 Å². The molecule has 0 aromatic heterocycles. The zero-order valence-electron chi connectivity index (χ0n) is 7.28. The van der Waals surface area contributed by atoms with E-state index >= 15 is 0 Å². The van der Waals surface area contributed by atoms with Crippen molar-refractivity contribution in [1.29, 1.82) is 0 Å². The first kappa shape index (κ1) is 8.24. The van der Waals surface area contributed by atoms with Gasteiger partial charge in [-0.25, -0.2) is 4.39 Å². The molecule has 0 nitrogen and oxygen atoms in total. The van der Waals surface area contributed by atoms with Gasteiger partial charge in [-0.05, 0) is 11.6 Å². The number of alkyl halides is 1. The Bertz CT molecular complexity index is 337. The number of allylic oxidation sites excluding steroid dienone is 4. The number of rotatable bonds is 1. The largest absolute Gasteiger partial charge is 0.234 e. The number of benzene rings is 1. The molecule has 0 radical (unpaired) electrons. The molecule has 1 unspecified atom stereocenters. The van der Waals surface area contributed by atoms with E-state index in [1.807, 2.05) is 42.5 Å². The summed E-state index contributed by atoms with van der Waals surface area (Å²) in [7, 11) is 0. The second-order valence-electron chi connectivity index (χ2n) is 3.22. The van der Waals surface area contributed by atoms with Crippen molar-refractivity contribution in [2.45, 2.75) is 12.1 Å². The summed E-state index contributed by atoms with van der Waals surface area (Å²) in [5.41, 5.74) is -0.564. The Hall–Kier alpha value is -1.37. The second-order valence-corrected chi connectivity index (χ2v) is 3.22. The maximum atomic E-state index is 14.2. The molecule has 0 N–H and O–H groups in total. The molecule has 0 saturated heterocycles. The number of hydrogen-bond acceptors (Lipinski definition) is 0. The van der Waals surface area contributed by atoms with Crippen molar-refractivity contribution in [2.24, 2.45) is 0 Å². The minimum Gasteiger partial charge on any atom is -0.234 e. The van der Waals surface area contributed by atoms with Crippen molar-refractivity contribution in [2.75, 3.05) is 0 Å². The summed E-state index contributed by atoms with van der Waals surface area (Å²) in [6.07, 6.45) is 7.54. The van der Waals surface area contributed by atoms with Crippen LogP contribution in [0, 0.1) is 0 Å². The van der Waals surface area contributed by atoms with Gasteiger partial charge >= 0.3 is 0 Å². The molecule has 1 aliphatic rings. The number of hydrogen-bond donors (Lipinski definition) is 0. The van der Waals surface area contributed by atoms with Crippen LogP contribution in [0.4, 0.5) is 4.39 Å². The van der Waals surface area contributed by atoms with Gasteiger partial charge in [0, 0.05) is 6.42 Å². The molecule has 1 heteroatoms.